The average Bonchev–Trinajstić information content (AvgIpc) is 3.29. The van der Waals surface area contributed by atoms with Crippen LogP contribution in [-0.2, 0) is 15.6 Å². The summed E-state index contributed by atoms with van der Waals surface area (Å²) in [4.78, 5) is 15.8. The molecule has 1 aliphatic heterocycles. The van der Waals surface area contributed by atoms with Gasteiger partial charge in [-0.25, -0.2) is 18.4 Å². The summed E-state index contributed by atoms with van der Waals surface area (Å²) in [5.41, 5.74) is 1.83. The molecule has 0 bridgehead atoms. The first-order chi connectivity index (χ1) is 12.9. The number of aliphatic imine (C=N–C) groups is 1. The number of aromatic amines is 1. The van der Waals surface area contributed by atoms with Crippen LogP contribution in [0.1, 0.15) is 13.8 Å². The third-order valence-corrected chi connectivity index (χ3v) is 7.15. The van der Waals surface area contributed by atoms with Gasteiger partial charge in [0.15, 0.2) is 0 Å². The lowest BCUT2D eigenvalue weighted by Gasteiger charge is -2.51. The van der Waals surface area contributed by atoms with Crippen LogP contribution in [-0.4, -0.2) is 69.1 Å². The number of aromatic nitrogens is 5. The van der Waals surface area contributed by atoms with E-state index in [-0.39, 0.29) is 11.8 Å². The van der Waals surface area contributed by atoms with Gasteiger partial charge < -0.3 is 4.98 Å². The Labute approximate surface area is 157 Å². The average molecular weight is 387 g/mol. The largest absolute Gasteiger partial charge is 0.346 e. The highest BCUT2D eigenvalue weighted by Crippen LogP contribution is 2.37. The van der Waals surface area contributed by atoms with E-state index in [1.54, 1.807) is 13.1 Å². The molecule has 1 N–H and O–H groups in total. The molecule has 0 saturated carbocycles. The van der Waals surface area contributed by atoms with Gasteiger partial charge >= 0.3 is 0 Å². The van der Waals surface area contributed by atoms with Gasteiger partial charge in [-0.2, -0.15) is 9.40 Å². The van der Waals surface area contributed by atoms with E-state index < -0.39 is 15.6 Å². The van der Waals surface area contributed by atoms with Crippen LogP contribution >= 0.6 is 0 Å². The molecule has 3 aromatic heterocycles. The van der Waals surface area contributed by atoms with Crippen LogP contribution < -0.4 is 0 Å². The van der Waals surface area contributed by atoms with Crippen LogP contribution in [0.3, 0.4) is 0 Å². The van der Waals surface area contributed by atoms with Crippen LogP contribution in [0.25, 0.3) is 22.3 Å². The summed E-state index contributed by atoms with van der Waals surface area (Å²) in [5, 5.41) is 5.43. The Kier molecular flexibility index (Phi) is 4.11. The van der Waals surface area contributed by atoms with Crippen molar-refractivity contribution in [2.45, 2.75) is 25.4 Å². The Balaban J connectivity index is 1.72. The van der Waals surface area contributed by atoms with Gasteiger partial charge in [0.05, 0.1) is 23.7 Å². The molecular weight excluding hydrogens is 366 g/mol. The van der Waals surface area contributed by atoms with Gasteiger partial charge in [0.1, 0.15) is 17.5 Å². The highest BCUT2D eigenvalue weighted by molar-refractivity contribution is 7.89. The molecule has 9 nitrogen and oxygen atoms in total. The Morgan fingerprint density at radius 1 is 1.41 bits per heavy atom. The van der Waals surface area contributed by atoms with E-state index in [0.717, 1.165) is 22.3 Å². The monoisotopic (exact) mass is 387 g/mol. The minimum absolute atomic E-state index is 0.0791. The zero-order chi connectivity index (χ0) is 19.2. The summed E-state index contributed by atoms with van der Waals surface area (Å²) in [6.45, 7) is 7.89. The van der Waals surface area contributed by atoms with Crippen molar-refractivity contribution in [2.24, 2.45) is 4.99 Å². The predicted molar refractivity (Wildman–Crippen MR) is 103 cm³/mol. The zero-order valence-corrected chi connectivity index (χ0v) is 16.0. The molecule has 27 heavy (non-hydrogen) atoms. The molecule has 1 unspecified atom stereocenters. The number of nitrogens with zero attached hydrogens (tertiary/aromatic N) is 6. The molecule has 0 aromatic carbocycles. The third kappa shape index (κ3) is 2.67. The maximum Gasteiger partial charge on any atom is 0.213 e. The fourth-order valence-electron chi connectivity index (χ4n) is 3.51. The quantitative estimate of drug-likeness (QED) is 0.641. The van der Waals surface area contributed by atoms with Crippen LogP contribution in [0.4, 0.5) is 0 Å². The van der Waals surface area contributed by atoms with E-state index in [1.165, 1.54) is 10.6 Å². The minimum atomic E-state index is -3.24. The zero-order valence-electron chi connectivity index (χ0n) is 15.2. The van der Waals surface area contributed by atoms with Gasteiger partial charge in [-0.05, 0) is 26.6 Å². The molecule has 10 heteroatoms. The highest BCUT2D eigenvalue weighted by atomic mass is 32.2. The van der Waals surface area contributed by atoms with Crippen molar-refractivity contribution in [1.29, 1.82) is 0 Å². The van der Waals surface area contributed by atoms with E-state index in [9.17, 15) is 8.42 Å². The number of fused-ring (bicyclic) bond motifs is 1. The fourth-order valence-corrected chi connectivity index (χ4v) is 4.71. The van der Waals surface area contributed by atoms with Crippen LogP contribution in [0.15, 0.2) is 36.0 Å². The number of H-pyrrole nitrogens is 1. The predicted octanol–water partition coefficient (Wildman–Crippen LogP) is 1.27. The van der Waals surface area contributed by atoms with E-state index in [2.05, 4.69) is 31.8 Å². The second kappa shape index (κ2) is 6.24. The molecule has 3 aromatic rings. The Morgan fingerprint density at radius 3 is 2.89 bits per heavy atom. The topological polar surface area (TPSA) is 109 Å². The second-order valence-electron chi connectivity index (χ2n) is 6.77. The Hall–Kier alpha value is -2.59. The number of rotatable bonds is 6. The lowest BCUT2D eigenvalue weighted by atomic mass is 9.85. The lowest BCUT2D eigenvalue weighted by molar-refractivity contribution is 0.0476. The van der Waals surface area contributed by atoms with Crippen molar-refractivity contribution in [3.05, 3.63) is 31.0 Å². The fraction of sp³-hybridized carbons (Fsp3) is 0.412. The first-order valence-electron chi connectivity index (χ1n) is 8.68. The highest BCUT2D eigenvalue weighted by Gasteiger charge is 2.53. The maximum absolute atomic E-state index is 12.2. The van der Waals surface area contributed by atoms with Crippen molar-refractivity contribution in [1.82, 2.24) is 29.0 Å². The van der Waals surface area contributed by atoms with Gasteiger partial charge in [-0.1, -0.05) is 0 Å². The van der Waals surface area contributed by atoms with E-state index in [0.29, 0.717) is 13.1 Å². The van der Waals surface area contributed by atoms with Crippen LogP contribution in [0.2, 0.25) is 0 Å². The second-order valence-corrected chi connectivity index (χ2v) is 9.02. The summed E-state index contributed by atoms with van der Waals surface area (Å²) in [5.74, 6) is 0.0791. The number of hydrogen-bond donors (Lipinski definition) is 1. The van der Waals surface area contributed by atoms with Crippen LogP contribution in [0.5, 0.6) is 0 Å². The molecule has 4 heterocycles. The minimum Gasteiger partial charge on any atom is -0.346 e. The summed E-state index contributed by atoms with van der Waals surface area (Å²) >= 11 is 0. The van der Waals surface area contributed by atoms with Crippen LogP contribution in [0, 0.1) is 0 Å². The Bertz CT molecular complexity index is 1100. The molecule has 1 atom stereocenters. The molecule has 0 amide bonds. The lowest BCUT2D eigenvalue weighted by Crippen LogP contribution is -2.68. The maximum atomic E-state index is 12.2. The number of nitrogens with one attached hydrogen (secondary N) is 1. The Morgan fingerprint density at radius 2 is 2.19 bits per heavy atom. The number of sulfonamides is 1. The van der Waals surface area contributed by atoms with Crippen molar-refractivity contribution >= 4 is 27.8 Å². The van der Waals surface area contributed by atoms with E-state index in [4.69, 9.17) is 0 Å². The SMILES string of the molecule is C=NC(C)C1(n2cc(-c3ncnc4[nH]ccc34)cn2)CN(S(=O)(=O)CC)C1. The van der Waals surface area contributed by atoms with Crippen molar-refractivity contribution in [3.63, 3.8) is 0 Å². The van der Waals surface area contributed by atoms with E-state index in [1.807, 2.05) is 30.1 Å². The smallest absolute Gasteiger partial charge is 0.213 e. The first-order valence-corrected chi connectivity index (χ1v) is 10.3. The standard InChI is InChI=1S/C17H21N7O2S/c1-4-27(25,26)23-9-17(10-23,12(2)18-3)24-8-13(7-22-24)15-14-5-6-19-16(14)21-11-20-15/h5-8,11-12H,3-4,9-10H2,1-2H3,(H,19,20,21). The van der Waals surface area contributed by atoms with Gasteiger partial charge in [-0.3, -0.25) is 9.67 Å². The summed E-state index contributed by atoms with van der Waals surface area (Å²) < 4.78 is 27.7. The molecule has 0 spiro atoms. The van der Waals surface area contributed by atoms with Gasteiger partial charge in [-0.15, -0.1) is 0 Å². The van der Waals surface area contributed by atoms with Crippen molar-refractivity contribution in [3.8, 4) is 11.3 Å². The van der Waals surface area contributed by atoms with E-state index >= 15 is 0 Å². The first kappa shape index (κ1) is 17.8. The molecule has 0 radical (unpaired) electrons. The summed E-state index contributed by atoms with van der Waals surface area (Å²) in [6, 6.07) is 1.73. The van der Waals surface area contributed by atoms with Crippen molar-refractivity contribution in [2.75, 3.05) is 18.8 Å². The molecule has 0 aliphatic carbocycles. The summed E-state index contributed by atoms with van der Waals surface area (Å²) in [7, 11) is -3.24. The molecule has 1 saturated heterocycles. The van der Waals surface area contributed by atoms with Crippen molar-refractivity contribution < 1.29 is 8.42 Å². The molecule has 142 valence electrons. The molecule has 1 fully saturated rings. The normalized spacial score (nSPS) is 18.3. The number of hydrogen-bond acceptors (Lipinski definition) is 6. The molecule has 1 aliphatic rings. The van der Waals surface area contributed by atoms with Gasteiger partial charge in [0.25, 0.3) is 0 Å². The molecule has 4 rings (SSSR count). The molecular formula is C17H21N7O2S. The van der Waals surface area contributed by atoms with Gasteiger partial charge in [0.2, 0.25) is 10.0 Å². The summed E-state index contributed by atoms with van der Waals surface area (Å²) in [6.07, 6.45) is 6.96. The third-order valence-electron chi connectivity index (χ3n) is 5.38. The van der Waals surface area contributed by atoms with Gasteiger partial charge in [0, 0.05) is 36.4 Å².